The number of carbonyl (C=O) groups excluding carboxylic acids is 1. The van der Waals surface area contributed by atoms with Crippen LogP contribution in [-0.2, 0) is 4.79 Å². The highest BCUT2D eigenvalue weighted by molar-refractivity contribution is 5.84. The van der Waals surface area contributed by atoms with Gasteiger partial charge in [0.2, 0.25) is 5.91 Å². The number of hydrogen-bond donors (Lipinski definition) is 1. The van der Waals surface area contributed by atoms with Gasteiger partial charge in [-0.1, -0.05) is 19.8 Å². The van der Waals surface area contributed by atoms with Crippen LogP contribution < -0.4 is 5.32 Å². The third-order valence-electron chi connectivity index (χ3n) is 5.47. The van der Waals surface area contributed by atoms with E-state index in [1.54, 1.807) is 0 Å². The Morgan fingerprint density at radius 2 is 2.00 bits per heavy atom. The van der Waals surface area contributed by atoms with Gasteiger partial charge in [-0.15, -0.1) is 0 Å². The summed E-state index contributed by atoms with van der Waals surface area (Å²) < 4.78 is 0. The van der Waals surface area contributed by atoms with Gasteiger partial charge in [-0.25, -0.2) is 0 Å². The van der Waals surface area contributed by atoms with Gasteiger partial charge in [-0.05, 0) is 50.4 Å². The van der Waals surface area contributed by atoms with Crippen molar-refractivity contribution in [3.63, 3.8) is 0 Å². The van der Waals surface area contributed by atoms with Crippen LogP contribution in [0.15, 0.2) is 0 Å². The number of nitrogens with zero attached hydrogens (tertiary/aromatic N) is 1. The van der Waals surface area contributed by atoms with E-state index in [4.69, 9.17) is 0 Å². The molecule has 3 aliphatic rings. The Kier molecular flexibility index (Phi) is 3.13. The average Bonchev–Trinajstić information content (AvgIpc) is 2.82. The molecule has 2 aliphatic carbocycles. The van der Waals surface area contributed by atoms with E-state index in [9.17, 15) is 4.79 Å². The van der Waals surface area contributed by atoms with Crippen molar-refractivity contribution >= 4 is 5.91 Å². The van der Waals surface area contributed by atoms with Crippen LogP contribution in [0.2, 0.25) is 0 Å². The lowest BCUT2D eigenvalue weighted by Gasteiger charge is -2.32. The van der Waals surface area contributed by atoms with Crippen molar-refractivity contribution in [1.29, 1.82) is 0 Å². The van der Waals surface area contributed by atoms with Crippen molar-refractivity contribution in [3.05, 3.63) is 0 Å². The van der Waals surface area contributed by atoms with Crippen LogP contribution in [0.4, 0.5) is 0 Å². The molecular weight excluding hydrogens is 224 g/mol. The van der Waals surface area contributed by atoms with E-state index in [0.717, 1.165) is 6.54 Å². The second-order valence-electron chi connectivity index (χ2n) is 6.70. The van der Waals surface area contributed by atoms with Gasteiger partial charge in [-0.2, -0.15) is 0 Å². The summed E-state index contributed by atoms with van der Waals surface area (Å²) in [6.07, 6.45) is 9.48. The SMILES string of the molecule is CCC1(CN2C(=O)C(C)NC2C2CCCC2)CC1. The van der Waals surface area contributed by atoms with Crippen LogP contribution in [-0.4, -0.2) is 29.6 Å². The Morgan fingerprint density at radius 1 is 1.33 bits per heavy atom. The maximum Gasteiger partial charge on any atom is 0.240 e. The monoisotopic (exact) mass is 250 g/mol. The molecule has 2 atom stereocenters. The summed E-state index contributed by atoms with van der Waals surface area (Å²) in [6, 6.07) is 0.0308. The van der Waals surface area contributed by atoms with Gasteiger partial charge in [0.25, 0.3) is 0 Å². The van der Waals surface area contributed by atoms with Gasteiger partial charge in [-0.3, -0.25) is 10.1 Å². The second kappa shape index (κ2) is 4.52. The van der Waals surface area contributed by atoms with E-state index in [1.807, 2.05) is 6.92 Å². The zero-order chi connectivity index (χ0) is 12.8. The highest BCUT2D eigenvalue weighted by Gasteiger charge is 2.48. The van der Waals surface area contributed by atoms with Crippen molar-refractivity contribution in [2.24, 2.45) is 11.3 Å². The van der Waals surface area contributed by atoms with Crippen LogP contribution in [0.25, 0.3) is 0 Å². The molecule has 2 unspecified atom stereocenters. The average molecular weight is 250 g/mol. The van der Waals surface area contributed by atoms with Crippen LogP contribution in [0.1, 0.15) is 58.8 Å². The third-order valence-corrected chi connectivity index (χ3v) is 5.47. The summed E-state index contributed by atoms with van der Waals surface area (Å²) >= 11 is 0. The smallest absolute Gasteiger partial charge is 0.240 e. The van der Waals surface area contributed by atoms with Crippen LogP contribution in [0, 0.1) is 11.3 Å². The molecule has 3 rings (SSSR count). The number of nitrogens with one attached hydrogen (secondary N) is 1. The predicted octanol–water partition coefficient (Wildman–Crippen LogP) is 2.51. The Bertz CT molecular complexity index is 331. The normalized spacial score (nSPS) is 35.4. The lowest BCUT2D eigenvalue weighted by atomic mass is 10.00. The van der Waals surface area contributed by atoms with Crippen LogP contribution >= 0.6 is 0 Å². The summed E-state index contributed by atoms with van der Waals surface area (Å²) in [7, 11) is 0. The maximum absolute atomic E-state index is 12.4. The molecule has 102 valence electrons. The minimum absolute atomic E-state index is 0.0308. The summed E-state index contributed by atoms with van der Waals surface area (Å²) in [5.74, 6) is 1.04. The number of hydrogen-bond acceptors (Lipinski definition) is 2. The summed E-state index contributed by atoms with van der Waals surface area (Å²) in [4.78, 5) is 14.5. The molecule has 2 saturated carbocycles. The summed E-state index contributed by atoms with van der Waals surface area (Å²) in [6.45, 7) is 5.30. The molecule has 0 aromatic carbocycles. The van der Waals surface area contributed by atoms with Crippen molar-refractivity contribution in [2.75, 3.05) is 6.54 Å². The molecule has 1 saturated heterocycles. The van der Waals surface area contributed by atoms with Gasteiger partial charge >= 0.3 is 0 Å². The number of amides is 1. The van der Waals surface area contributed by atoms with E-state index >= 15 is 0 Å². The molecule has 1 amide bonds. The highest BCUT2D eigenvalue weighted by atomic mass is 16.2. The minimum Gasteiger partial charge on any atom is -0.325 e. The molecule has 3 fully saturated rings. The Balaban J connectivity index is 1.73. The fraction of sp³-hybridized carbons (Fsp3) is 0.933. The highest BCUT2D eigenvalue weighted by Crippen LogP contribution is 2.50. The summed E-state index contributed by atoms with van der Waals surface area (Å²) in [5, 5.41) is 3.55. The van der Waals surface area contributed by atoms with E-state index in [0.29, 0.717) is 23.4 Å². The molecule has 0 spiro atoms. The summed E-state index contributed by atoms with van der Waals surface area (Å²) in [5.41, 5.74) is 0.470. The number of carbonyl (C=O) groups is 1. The zero-order valence-electron chi connectivity index (χ0n) is 11.7. The lowest BCUT2D eigenvalue weighted by Crippen LogP contribution is -2.45. The Hall–Kier alpha value is -0.570. The maximum atomic E-state index is 12.4. The molecule has 3 heteroatoms. The second-order valence-corrected chi connectivity index (χ2v) is 6.70. The lowest BCUT2D eigenvalue weighted by molar-refractivity contribution is -0.131. The van der Waals surface area contributed by atoms with Crippen molar-refractivity contribution in [3.8, 4) is 0 Å². The van der Waals surface area contributed by atoms with Crippen molar-refractivity contribution < 1.29 is 4.79 Å². The first-order valence-electron chi connectivity index (χ1n) is 7.72. The zero-order valence-corrected chi connectivity index (χ0v) is 11.7. The minimum atomic E-state index is 0.0308. The Labute approximate surface area is 110 Å². The van der Waals surface area contributed by atoms with Crippen LogP contribution in [0.3, 0.4) is 0 Å². The van der Waals surface area contributed by atoms with Crippen molar-refractivity contribution in [1.82, 2.24) is 10.2 Å². The molecule has 18 heavy (non-hydrogen) atoms. The molecule has 0 radical (unpaired) electrons. The first kappa shape index (κ1) is 12.5. The Morgan fingerprint density at radius 3 is 2.56 bits per heavy atom. The first-order valence-corrected chi connectivity index (χ1v) is 7.72. The predicted molar refractivity (Wildman–Crippen MR) is 72.0 cm³/mol. The molecule has 0 aromatic rings. The molecule has 0 aromatic heterocycles. The fourth-order valence-corrected chi connectivity index (χ4v) is 3.80. The van der Waals surface area contributed by atoms with E-state index in [1.165, 1.54) is 44.9 Å². The molecule has 3 nitrogen and oxygen atoms in total. The van der Waals surface area contributed by atoms with Gasteiger partial charge in [0.15, 0.2) is 0 Å². The molecule has 1 heterocycles. The molecular formula is C15H26N2O. The molecule has 0 bridgehead atoms. The van der Waals surface area contributed by atoms with E-state index in [2.05, 4.69) is 17.1 Å². The van der Waals surface area contributed by atoms with Gasteiger partial charge in [0.1, 0.15) is 0 Å². The van der Waals surface area contributed by atoms with E-state index < -0.39 is 0 Å². The third kappa shape index (κ3) is 2.07. The standard InChI is InChI=1S/C15H26N2O/c1-3-15(8-9-15)10-17-13(12-6-4-5-7-12)16-11(2)14(17)18/h11-13,16H,3-10H2,1-2H3. The van der Waals surface area contributed by atoms with Crippen LogP contribution in [0.5, 0.6) is 0 Å². The number of rotatable bonds is 4. The topological polar surface area (TPSA) is 32.3 Å². The quantitative estimate of drug-likeness (QED) is 0.831. The van der Waals surface area contributed by atoms with Crippen molar-refractivity contribution in [2.45, 2.75) is 71.0 Å². The van der Waals surface area contributed by atoms with Gasteiger partial charge in [0.05, 0.1) is 12.2 Å². The van der Waals surface area contributed by atoms with Gasteiger partial charge in [0, 0.05) is 6.54 Å². The fourth-order valence-electron chi connectivity index (χ4n) is 3.80. The molecule has 1 aliphatic heterocycles. The van der Waals surface area contributed by atoms with Gasteiger partial charge < -0.3 is 4.90 Å². The first-order chi connectivity index (χ1) is 8.65. The molecule has 1 N–H and O–H groups in total. The van der Waals surface area contributed by atoms with E-state index in [-0.39, 0.29) is 6.04 Å². The largest absolute Gasteiger partial charge is 0.325 e.